The topological polar surface area (TPSA) is 45.3 Å². The van der Waals surface area contributed by atoms with Gasteiger partial charge in [-0.3, -0.25) is 0 Å². The summed E-state index contributed by atoms with van der Waals surface area (Å²) < 4.78 is 25.9. The quantitative estimate of drug-likeness (QED) is 0.646. The number of carbonyl (C=O) groups excluding carboxylic acids is 1. The summed E-state index contributed by atoms with van der Waals surface area (Å²) in [4.78, 5) is 18.3. The lowest BCUT2D eigenvalue weighted by Crippen LogP contribution is -2.50. The lowest BCUT2D eigenvalue weighted by molar-refractivity contribution is 0.0240. The van der Waals surface area contributed by atoms with Crippen molar-refractivity contribution < 1.29 is 18.7 Å². The van der Waals surface area contributed by atoms with Gasteiger partial charge in [0.2, 0.25) is 0 Å². The molecule has 1 aromatic carbocycles. The molecule has 30 heavy (non-hydrogen) atoms. The van der Waals surface area contributed by atoms with Crippen LogP contribution >= 0.6 is 0 Å². The first-order valence-electron chi connectivity index (χ1n) is 11.2. The van der Waals surface area contributed by atoms with Crippen LogP contribution in [-0.2, 0) is 4.74 Å². The summed E-state index contributed by atoms with van der Waals surface area (Å²) >= 11 is 0. The van der Waals surface area contributed by atoms with Crippen molar-refractivity contribution >= 4 is 11.8 Å². The Morgan fingerprint density at radius 3 is 2.37 bits per heavy atom. The smallest absolute Gasteiger partial charge is 0.410 e. The minimum Gasteiger partial charge on any atom is -0.493 e. The maximum Gasteiger partial charge on any atom is 0.410 e. The van der Waals surface area contributed by atoms with Gasteiger partial charge in [-0.05, 0) is 65.3 Å². The highest BCUT2D eigenvalue weighted by Gasteiger charge is 2.26. The Morgan fingerprint density at radius 2 is 1.73 bits per heavy atom. The van der Waals surface area contributed by atoms with E-state index >= 15 is 0 Å². The first kappa shape index (κ1) is 22.7. The number of hydrogen-bond donors (Lipinski definition) is 0. The van der Waals surface area contributed by atoms with E-state index < -0.39 is 5.60 Å². The number of benzene rings is 1. The van der Waals surface area contributed by atoms with E-state index in [4.69, 9.17) is 9.47 Å². The van der Waals surface area contributed by atoms with E-state index in [0.717, 1.165) is 13.0 Å². The van der Waals surface area contributed by atoms with Crippen molar-refractivity contribution in [2.45, 2.75) is 52.1 Å². The summed E-state index contributed by atoms with van der Waals surface area (Å²) in [6.07, 6.45) is 4.57. The van der Waals surface area contributed by atoms with Crippen molar-refractivity contribution in [1.82, 2.24) is 9.80 Å². The molecule has 0 atom stereocenters. The van der Waals surface area contributed by atoms with Crippen molar-refractivity contribution in [2.75, 3.05) is 57.3 Å². The predicted octanol–water partition coefficient (Wildman–Crippen LogP) is 4.14. The number of rotatable bonds is 6. The molecule has 2 heterocycles. The number of piperazine rings is 1. The zero-order valence-electron chi connectivity index (χ0n) is 18.7. The van der Waals surface area contributed by atoms with Crippen molar-refractivity contribution in [1.29, 1.82) is 0 Å². The Morgan fingerprint density at radius 1 is 1.03 bits per heavy atom. The molecule has 0 radical (unpaired) electrons. The number of hydrogen-bond acceptors (Lipinski definition) is 5. The summed E-state index contributed by atoms with van der Waals surface area (Å²) in [6, 6.07) is 5.08. The van der Waals surface area contributed by atoms with Gasteiger partial charge in [0.1, 0.15) is 17.2 Å². The van der Waals surface area contributed by atoms with Gasteiger partial charge in [-0.1, -0.05) is 6.42 Å². The molecule has 3 rings (SSSR count). The Balaban J connectivity index is 1.43. The molecule has 168 valence electrons. The highest BCUT2D eigenvalue weighted by atomic mass is 19.1. The van der Waals surface area contributed by atoms with Crippen LogP contribution in [0.15, 0.2) is 18.2 Å². The number of amides is 1. The minimum atomic E-state index is -0.510. The fraction of sp³-hybridized carbons (Fsp3) is 0.696. The minimum absolute atomic E-state index is 0.283. The molecule has 0 bridgehead atoms. The molecule has 0 N–H and O–H groups in total. The number of likely N-dealkylation sites (tertiary alicyclic amines) is 1. The average molecular weight is 422 g/mol. The molecule has 1 aromatic rings. The maximum atomic E-state index is 14.7. The SMILES string of the molecule is CC(C)(C)OC(=O)N1CCN(c2ccc(OCCCN3CCCCC3)cc2F)CC1. The second kappa shape index (κ2) is 10.3. The van der Waals surface area contributed by atoms with E-state index in [2.05, 4.69) is 4.90 Å². The number of nitrogens with zero attached hydrogens (tertiary/aromatic N) is 3. The fourth-order valence-corrected chi connectivity index (χ4v) is 3.95. The summed E-state index contributed by atoms with van der Waals surface area (Å²) in [5.74, 6) is 0.288. The van der Waals surface area contributed by atoms with Crippen molar-refractivity contribution in [3.8, 4) is 5.75 Å². The van der Waals surface area contributed by atoms with Crippen LogP contribution in [0.25, 0.3) is 0 Å². The van der Waals surface area contributed by atoms with Crippen molar-refractivity contribution in [2.24, 2.45) is 0 Å². The van der Waals surface area contributed by atoms with Gasteiger partial charge in [0.15, 0.2) is 0 Å². The zero-order valence-corrected chi connectivity index (χ0v) is 18.7. The number of anilines is 1. The maximum absolute atomic E-state index is 14.7. The normalized spacial score (nSPS) is 18.4. The average Bonchev–Trinajstić information content (AvgIpc) is 2.71. The third-order valence-corrected chi connectivity index (χ3v) is 5.53. The lowest BCUT2D eigenvalue weighted by atomic mass is 10.1. The monoisotopic (exact) mass is 421 g/mol. The Labute approximate surface area is 179 Å². The number of halogens is 1. The second-order valence-corrected chi connectivity index (χ2v) is 9.17. The molecule has 2 saturated heterocycles. The first-order chi connectivity index (χ1) is 14.3. The highest BCUT2D eigenvalue weighted by Crippen LogP contribution is 2.25. The van der Waals surface area contributed by atoms with Crippen LogP contribution in [-0.4, -0.2) is 73.9 Å². The van der Waals surface area contributed by atoms with Crippen molar-refractivity contribution in [3.05, 3.63) is 24.0 Å². The zero-order chi connectivity index (χ0) is 21.6. The lowest BCUT2D eigenvalue weighted by Gasteiger charge is -2.36. The van der Waals surface area contributed by atoms with Gasteiger partial charge in [-0.15, -0.1) is 0 Å². The third-order valence-electron chi connectivity index (χ3n) is 5.53. The van der Waals surface area contributed by atoms with Crippen LogP contribution in [0.3, 0.4) is 0 Å². The third kappa shape index (κ3) is 6.76. The van der Waals surface area contributed by atoms with Crippen LogP contribution < -0.4 is 9.64 Å². The van der Waals surface area contributed by atoms with E-state index in [1.807, 2.05) is 31.7 Å². The molecule has 0 aliphatic carbocycles. The molecule has 0 aromatic heterocycles. The number of ether oxygens (including phenoxy) is 2. The molecule has 0 saturated carbocycles. The fourth-order valence-electron chi connectivity index (χ4n) is 3.95. The Bertz CT molecular complexity index is 693. The predicted molar refractivity (Wildman–Crippen MR) is 117 cm³/mol. The van der Waals surface area contributed by atoms with Gasteiger partial charge < -0.3 is 24.2 Å². The molecule has 1 amide bonds. The van der Waals surface area contributed by atoms with Gasteiger partial charge in [-0.2, -0.15) is 0 Å². The van der Waals surface area contributed by atoms with Crippen molar-refractivity contribution in [3.63, 3.8) is 0 Å². The van der Waals surface area contributed by atoms with Crippen LogP contribution in [0.1, 0.15) is 46.5 Å². The van der Waals surface area contributed by atoms with Gasteiger partial charge in [0.25, 0.3) is 0 Å². The molecule has 2 aliphatic heterocycles. The van der Waals surface area contributed by atoms with Gasteiger partial charge in [-0.25, -0.2) is 9.18 Å². The molecule has 6 nitrogen and oxygen atoms in total. The van der Waals surface area contributed by atoms with Crippen LogP contribution in [0, 0.1) is 5.82 Å². The Hall–Kier alpha value is -2.02. The van der Waals surface area contributed by atoms with Crippen LogP contribution in [0.4, 0.5) is 14.9 Å². The first-order valence-corrected chi connectivity index (χ1v) is 11.2. The summed E-state index contributed by atoms with van der Waals surface area (Å²) in [6.45, 7) is 11.8. The van der Waals surface area contributed by atoms with E-state index in [-0.39, 0.29) is 11.9 Å². The molecule has 0 unspecified atom stereocenters. The van der Waals surface area contributed by atoms with Crippen LogP contribution in [0.5, 0.6) is 5.75 Å². The number of piperidine rings is 1. The summed E-state index contributed by atoms with van der Waals surface area (Å²) in [7, 11) is 0. The molecule has 7 heteroatoms. The standard InChI is InChI=1S/C23H36FN3O3/c1-23(2,3)30-22(28)27-15-13-26(14-16-27)21-9-8-19(18-20(21)24)29-17-7-12-25-10-5-4-6-11-25/h8-9,18H,4-7,10-17H2,1-3H3. The second-order valence-electron chi connectivity index (χ2n) is 9.17. The van der Waals surface area contributed by atoms with Gasteiger partial charge in [0.05, 0.1) is 12.3 Å². The van der Waals surface area contributed by atoms with Crippen LogP contribution in [0.2, 0.25) is 0 Å². The van der Waals surface area contributed by atoms with E-state index in [9.17, 15) is 9.18 Å². The Kier molecular flexibility index (Phi) is 7.81. The van der Waals surface area contributed by atoms with E-state index in [1.54, 1.807) is 11.0 Å². The molecular weight excluding hydrogens is 385 g/mol. The highest BCUT2D eigenvalue weighted by molar-refractivity contribution is 5.68. The van der Waals surface area contributed by atoms with Gasteiger partial charge in [0, 0.05) is 38.8 Å². The molecule has 2 aliphatic rings. The van der Waals surface area contributed by atoms with E-state index in [0.29, 0.717) is 44.2 Å². The largest absolute Gasteiger partial charge is 0.493 e. The van der Waals surface area contributed by atoms with E-state index in [1.165, 1.54) is 38.4 Å². The molecule has 0 spiro atoms. The van der Waals surface area contributed by atoms with Gasteiger partial charge >= 0.3 is 6.09 Å². The molecule has 2 fully saturated rings. The molecular formula is C23H36FN3O3. The summed E-state index contributed by atoms with van der Waals surface area (Å²) in [5, 5.41) is 0. The summed E-state index contributed by atoms with van der Waals surface area (Å²) in [5.41, 5.74) is 0.0451. The number of carbonyl (C=O) groups is 1.